The summed E-state index contributed by atoms with van der Waals surface area (Å²) in [6.07, 6.45) is 1.38. The number of nitrogens with one attached hydrogen (secondary N) is 1. The summed E-state index contributed by atoms with van der Waals surface area (Å²) >= 11 is 4.86. The Hall–Kier alpha value is -2.65. The zero-order chi connectivity index (χ0) is 19.2. The minimum absolute atomic E-state index is 0.0161. The standard InChI is InChI=1S/C18H15BrN2O5S/c1-24-14-5-4-11(19)7-13(14)18-21-12(10-27-18)9-26-16(22)8-20-17(23)15-3-2-6-25-15/h2-7,10H,8-9H2,1H3,(H,20,23). The van der Waals surface area contributed by atoms with E-state index >= 15 is 0 Å². The van der Waals surface area contributed by atoms with Crippen LogP contribution >= 0.6 is 27.3 Å². The van der Waals surface area contributed by atoms with Gasteiger partial charge in [-0.25, -0.2) is 4.98 Å². The molecule has 140 valence electrons. The summed E-state index contributed by atoms with van der Waals surface area (Å²) in [4.78, 5) is 28.0. The Balaban J connectivity index is 1.54. The number of carbonyl (C=O) groups excluding carboxylic acids is 2. The molecule has 0 atom stereocenters. The van der Waals surface area contributed by atoms with Gasteiger partial charge in [-0.1, -0.05) is 15.9 Å². The normalized spacial score (nSPS) is 10.4. The van der Waals surface area contributed by atoms with E-state index in [1.807, 2.05) is 23.6 Å². The summed E-state index contributed by atoms with van der Waals surface area (Å²) in [7, 11) is 1.60. The summed E-state index contributed by atoms with van der Waals surface area (Å²) in [5, 5.41) is 4.99. The molecule has 0 saturated carbocycles. The van der Waals surface area contributed by atoms with E-state index in [0.717, 1.165) is 15.0 Å². The number of furan rings is 1. The Morgan fingerprint density at radius 3 is 2.93 bits per heavy atom. The number of rotatable bonds is 7. The number of hydrogen-bond acceptors (Lipinski definition) is 7. The van der Waals surface area contributed by atoms with Crippen LogP contribution in [0.5, 0.6) is 5.75 Å². The number of aromatic nitrogens is 1. The number of esters is 1. The molecule has 0 radical (unpaired) electrons. The molecule has 0 saturated heterocycles. The largest absolute Gasteiger partial charge is 0.496 e. The molecule has 9 heteroatoms. The summed E-state index contributed by atoms with van der Waals surface area (Å²) in [5.74, 6) is -0.203. The first-order valence-electron chi connectivity index (χ1n) is 7.82. The van der Waals surface area contributed by atoms with Crippen LogP contribution in [0, 0.1) is 0 Å². The topological polar surface area (TPSA) is 90.7 Å². The van der Waals surface area contributed by atoms with Gasteiger partial charge in [0.25, 0.3) is 5.91 Å². The number of ether oxygens (including phenoxy) is 2. The van der Waals surface area contributed by atoms with Crippen molar-refractivity contribution in [2.24, 2.45) is 0 Å². The molecule has 2 heterocycles. The Morgan fingerprint density at radius 2 is 2.19 bits per heavy atom. The Bertz CT molecular complexity index is 939. The monoisotopic (exact) mass is 450 g/mol. The van der Waals surface area contributed by atoms with Crippen molar-refractivity contribution in [3.63, 3.8) is 0 Å². The molecular formula is C18H15BrN2O5S. The molecule has 1 amide bonds. The van der Waals surface area contributed by atoms with Crippen molar-refractivity contribution >= 4 is 39.1 Å². The third-order valence-corrected chi connectivity index (χ3v) is 4.88. The number of benzene rings is 1. The van der Waals surface area contributed by atoms with E-state index in [9.17, 15) is 9.59 Å². The molecule has 0 bridgehead atoms. The van der Waals surface area contributed by atoms with E-state index in [1.165, 1.54) is 23.7 Å². The second-order valence-corrected chi connectivity index (χ2v) is 7.08. The van der Waals surface area contributed by atoms with Crippen LogP contribution in [-0.2, 0) is 16.1 Å². The fourth-order valence-electron chi connectivity index (χ4n) is 2.20. The number of nitrogens with zero attached hydrogens (tertiary/aromatic N) is 1. The molecule has 27 heavy (non-hydrogen) atoms. The average Bonchev–Trinajstić information content (AvgIpc) is 3.36. The molecule has 3 aromatic rings. The van der Waals surface area contributed by atoms with Crippen LogP contribution in [0.15, 0.2) is 50.9 Å². The quantitative estimate of drug-likeness (QED) is 0.552. The van der Waals surface area contributed by atoms with E-state index < -0.39 is 11.9 Å². The molecule has 0 aliphatic rings. The molecule has 1 N–H and O–H groups in total. The molecule has 3 rings (SSSR count). The van der Waals surface area contributed by atoms with Gasteiger partial charge >= 0.3 is 5.97 Å². The van der Waals surface area contributed by atoms with Gasteiger partial charge in [0.05, 0.1) is 24.6 Å². The van der Waals surface area contributed by atoms with E-state index in [4.69, 9.17) is 13.9 Å². The third-order valence-electron chi connectivity index (χ3n) is 3.46. The van der Waals surface area contributed by atoms with Crippen LogP contribution in [0.25, 0.3) is 10.6 Å². The van der Waals surface area contributed by atoms with Gasteiger partial charge in [-0.3, -0.25) is 9.59 Å². The van der Waals surface area contributed by atoms with E-state index in [1.54, 1.807) is 13.2 Å². The second-order valence-electron chi connectivity index (χ2n) is 5.31. The highest BCUT2D eigenvalue weighted by molar-refractivity contribution is 9.10. The van der Waals surface area contributed by atoms with Gasteiger partial charge in [0, 0.05) is 9.85 Å². The number of methoxy groups -OCH3 is 1. The van der Waals surface area contributed by atoms with Crippen molar-refractivity contribution in [3.05, 3.63) is 57.9 Å². The van der Waals surface area contributed by atoms with Crippen molar-refractivity contribution in [1.82, 2.24) is 10.3 Å². The van der Waals surface area contributed by atoms with Gasteiger partial charge < -0.3 is 19.2 Å². The van der Waals surface area contributed by atoms with Crippen molar-refractivity contribution in [3.8, 4) is 16.3 Å². The first-order chi connectivity index (χ1) is 13.1. The summed E-state index contributed by atoms with van der Waals surface area (Å²) < 4.78 is 16.4. The average molecular weight is 451 g/mol. The second kappa shape index (κ2) is 8.83. The Morgan fingerprint density at radius 1 is 1.33 bits per heavy atom. The lowest BCUT2D eigenvalue weighted by molar-refractivity contribution is -0.143. The van der Waals surface area contributed by atoms with Gasteiger partial charge in [0.2, 0.25) is 0 Å². The SMILES string of the molecule is COc1ccc(Br)cc1-c1nc(COC(=O)CNC(=O)c2ccco2)cs1. The molecular weight excluding hydrogens is 436 g/mol. The van der Waals surface area contributed by atoms with Crippen LogP contribution in [0.2, 0.25) is 0 Å². The summed E-state index contributed by atoms with van der Waals surface area (Å²) in [6.45, 7) is -0.238. The van der Waals surface area contributed by atoms with Crippen LogP contribution in [-0.4, -0.2) is 30.5 Å². The number of halogens is 1. The van der Waals surface area contributed by atoms with E-state index in [0.29, 0.717) is 11.4 Å². The van der Waals surface area contributed by atoms with Crippen molar-refractivity contribution in [2.45, 2.75) is 6.61 Å². The van der Waals surface area contributed by atoms with Gasteiger partial charge in [-0.05, 0) is 30.3 Å². The van der Waals surface area contributed by atoms with Crippen LogP contribution in [0.4, 0.5) is 0 Å². The predicted octanol–water partition coefficient (Wildman–Crippen LogP) is 3.65. The first kappa shape index (κ1) is 19.1. The van der Waals surface area contributed by atoms with Gasteiger partial charge in [-0.2, -0.15) is 0 Å². The maximum absolute atomic E-state index is 11.8. The van der Waals surface area contributed by atoms with Crippen molar-refractivity contribution in [2.75, 3.05) is 13.7 Å². The summed E-state index contributed by atoms with van der Waals surface area (Å²) in [5.41, 5.74) is 1.46. The number of amides is 1. The lowest BCUT2D eigenvalue weighted by Crippen LogP contribution is -2.30. The highest BCUT2D eigenvalue weighted by Crippen LogP contribution is 2.34. The van der Waals surface area contributed by atoms with E-state index in [-0.39, 0.29) is 18.9 Å². The Labute approximate surface area is 167 Å². The first-order valence-corrected chi connectivity index (χ1v) is 9.49. The number of carbonyl (C=O) groups is 2. The summed E-state index contributed by atoms with van der Waals surface area (Å²) in [6, 6.07) is 8.75. The molecule has 0 fully saturated rings. The van der Waals surface area contributed by atoms with Gasteiger partial charge in [0.15, 0.2) is 5.76 Å². The number of hydrogen-bond donors (Lipinski definition) is 1. The zero-order valence-electron chi connectivity index (χ0n) is 14.2. The molecule has 0 aliphatic carbocycles. The molecule has 7 nitrogen and oxygen atoms in total. The van der Waals surface area contributed by atoms with Gasteiger partial charge in [0.1, 0.15) is 23.9 Å². The zero-order valence-corrected chi connectivity index (χ0v) is 16.6. The third kappa shape index (κ3) is 4.95. The molecule has 0 unspecified atom stereocenters. The van der Waals surface area contributed by atoms with E-state index in [2.05, 4.69) is 26.2 Å². The Kier molecular flexibility index (Phi) is 6.25. The van der Waals surface area contributed by atoms with Crippen molar-refractivity contribution < 1.29 is 23.5 Å². The van der Waals surface area contributed by atoms with Gasteiger partial charge in [-0.15, -0.1) is 11.3 Å². The maximum Gasteiger partial charge on any atom is 0.325 e. The molecule has 2 aromatic heterocycles. The van der Waals surface area contributed by atoms with Crippen molar-refractivity contribution in [1.29, 1.82) is 0 Å². The van der Waals surface area contributed by atoms with Crippen LogP contribution < -0.4 is 10.1 Å². The van der Waals surface area contributed by atoms with Crippen LogP contribution in [0.3, 0.4) is 0 Å². The van der Waals surface area contributed by atoms with Crippen LogP contribution in [0.1, 0.15) is 16.2 Å². The lowest BCUT2D eigenvalue weighted by atomic mass is 10.2. The fraction of sp³-hybridized carbons (Fsp3) is 0.167. The molecule has 0 aliphatic heterocycles. The number of thiazole rings is 1. The molecule has 0 spiro atoms. The minimum atomic E-state index is -0.565. The highest BCUT2D eigenvalue weighted by atomic mass is 79.9. The predicted molar refractivity (Wildman–Crippen MR) is 103 cm³/mol. The highest BCUT2D eigenvalue weighted by Gasteiger charge is 2.14. The molecule has 1 aromatic carbocycles. The smallest absolute Gasteiger partial charge is 0.325 e. The minimum Gasteiger partial charge on any atom is -0.496 e. The fourth-order valence-corrected chi connectivity index (χ4v) is 3.38. The maximum atomic E-state index is 11.8. The lowest BCUT2D eigenvalue weighted by Gasteiger charge is -2.06.